The number of rotatable bonds is 1. The normalized spacial score (nSPS) is 13.7. The summed E-state index contributed by atoms with van der Waals surface area (Å²) in [6.45, 7) is 1.97. The largest absolute Gasteiger partial charge is 0.482 e. The van der Waals surface area contributed by atoms with Crippen molar-refractivity contribution in [3.8, 4) is 11.4 Å². The third-order valence-corrected chi connectivity index (χ3v) is 2.72. The number of fused-ring (bicyclic) bond motifs is 1. The Bertz CT molecular complexity index is 633. The molecule has 3 N–H and O–H groups in total. The lowest BCUT2D eigenvalue weighted by Gasteiger charge is -2.19. The number of aryl methyl sites for hydroxylation is 1. The summed E-state index contributed by atoms with van der Waals surface area (Å²) in [5.74, 6) is 0.412. The standard InChI is InChI=1S/C12H12N4O2/c1-7-4-14-16(5-7)10-3-9-11(2-8(10)13)18-6-12(17)15-9/h2-5H,6,13H2,1H3,(H,15,17). The molecule has 1 aliphatic heterocycles. The molecule has 1 aliphatic rings. The zero-order valence-corrected chi connectivity index (χ0v) is 9.80. The van der Waals surface area contributed by atoms with Gasteiger partial charge in [-0.05, 0) is 18.6 Å². The highest BCUT2D eigenvalue weighted by atomic mass is 16.5. The van der Waals surface area contributed by atoms with Gasteiger partial charge in [-0.25, -0.2) is 4.68 Å². The molecule has 2 heterocycles. The molecule has 0 unspecified atom stereocenters. The molecule has 0 saturated heterocycles. The lowest BCUT2D eigenvalue weighted by Crippen LogP contribution is -2.25. The van der Waals surface area contributed by atoms with Crippen molar-refractivity contribution in [2.24, 2.45) is 0 Å². The minimum atomic E-state index is -0.171. The number of hydrogen-bond donors (Lipinski definition) is 2. The summed E-state index contributed by atoms with van der Waals surface area (Å²) in [6.07, 6.45) is 3.61. The maximum atomic E-state index is 11.3. The summed E-state index contributed by atoms with van der Waals surface area (Å²) in [6, 6.07) is 3.45. The highest BCUT2D eigenvalue weighted by Gasteiger charge is 2.18. The summed E-state index contributed by atoms with van der Waals surface area (Å²) in [7, 11) is 0. The lowest BCUT2D eigenvalue weighted by molar-refractivity contribution is -0.118. The molecule has 2 aromatic rings. The summed E-state index contributed by atoms with van der Waals surface area (Å²) in [5, 5.41) is 6.94. The second-order valence-electron chi connectivity index (χ2n) is 4.21. The Morgan fingerprint density at radius 2 is 2.33 bits per heavy atom. The molecule has 1 aromatic carbocycles. The van der Waals surface area contributed by atoms with Crippen molar-refractivity contribution < 1.29 is 9.53 Å². The van der Waals surface area contributed by atoms with Gasteiger partial charge in [0.15, 0.2) is 6.61 Å². The average molecular weight is 244 g/mol. The van der Waals surface area contributed by atoms with Crippen LogP contribution in [0.25, 0.3) is 5.69 Å². The van der Waals surface area contributed by atoms with Gasteiger partial charge in [0.25, 0.3) is 5.91 Å². The molecule has 92 valence electrons. The number of nitrogens with one attached hydrogen (secondary N) is 1. The fourth-order valence-corrected chi connectivity index (χ4v) is 1.87. The molecule has 0 radical (unpaired) electrons. The van der Waals surface area contributed by atoms with E-state index in [0.717, 1.165) is 5.56 Å². The number of nitrogens with two attached hydrogens (primary N) is 1. The van der Waals surface area contributed by atoms with E-state index in [2.05, 4.69) is 10.4 Å². The third-order valence-electron chi connectivity index (χ3n) is 2.72. The number of ether oxygens (including phenoxy) is 1. The van der Waals surface area contributed by atoms with Crippen molar-refractivity contribution >= 4 is 17.3 Å². The van der Waals surface area contributed by atoms with Crippen LogP contribution in [0.3, 0.4) is 0 Å². The zero-order valence-electron chi connectivity index (χ0n) is 9.80. The Hall–Kier alpha value is -2.50. The van der Waals surface area contributed by atoms with Crippen molar-refractivity contribution in [3.63, 3.8) is 0 Å². The van der Waals surface area contributed by atoms with Crippen LogP contribution in [-0.2, 0) is 4.79 Å². The Labute approximate surface area is 103 Å². The summed E-state index contributed by atoms with van der Waals surface area (Å²) >= 11 is 0. The molecule has 0 aliphatic carbocycles. The average Bonchev–Trinajstić information content (AvgIpc) is 2.75. The predicted octanol–water partition coefficient (Wildman–Crippen LogP) is 1.09. The van der Waals surface area contributed by atoms with Crippen molar-refractivity contribution in [1.29, 1.82) is 0 Å². The van der Waals surface area contributed by atoms with Gasteiger partial charge in [-0.15, -0.1) is 0 Å². The highest BCUT2D eigenvalue weighted by molar-refractivity contribution is 5.96. The number of amides is 1. The third kappa shape index (κ3) is 1.67. The van der Waals surface area contributed by atoms with Gasteiger partial charge in [-0.2, -0.15) is 5.10 Å². The van der Waals surface area contributed by atoms with Crippen molar-refractivity contribution in [2.75, 3.05) is 17.7 Å². The van der Waals surface area contributed by atoms with Gasteiger partial charge < -0.3 is 15.8 Å². The second kappa shape index (κ2) is 3.76. The van der Waals surface area contributed by atoms with E-state index < -0.39 is 0 Å². The first kappa shape index (κ1) is 10.6. The van der Waals surface area contributed by atoms with Gasteiger partial charge >= 0.3 is 0 Å². The summed E-state index contributed by atoms with van der Waals surface area (Å²) in [5.41, 5.74) is 8.88. The maximum Gasteiger partial charge on any atom is 0.262 e. The van der Waals surface area contributed by atoms with E-state index >= 15 is 0 Å². The van der Waals surface area contributed by atoms with E-state index in [1.807, 2.05) is 13.1 Å². The molecular formula is C12H12N4O2. The van der Waals surface area contributed by atoms with Crippen LogP contribution >= 0.6 is 0 Å². The minimum Gasteiger partial charge on any atom is -0.482 e. The van der Waals surface area contributed by atoms with Gasteiger partial charge in [-0.1, -0.05) is 0 Å². The van der Waals surface area contributed by atoms with E-state index in [-0.39, 0.29) is 12.5 Å². The number of benzene rings is 1. The van der Waals surface area contributed by atoms with Crippen LogP contribution in [0.4, 0.5) is 11.4 Å². The van der Waals surface area contributed by atoms with Gasteiger partial charge in [0.1, 0.15) is 5.75 Å². The van der Waals surface area contributed by atoms with Crippen molar-refractivity contribution in [3.05, 3.63) is 30.1 Å². The van der Waals surface area contributed by atoms with E-state index in [1.165, 1.54) is 0 Å². The lowest BCUT2D eigenvalue weighted by atomic mass is 10.2. The van der Waals surface area contributed by atoms with Crippen LogP contribution < -0.4 is 15.8 Å². The first-order chi connectivity index (χ1) is 8.63. The first-order valence-corrected chi connectivity index (χ1v) is 5.51. The molecule has 1 aromatic heterocycles. The number of carbonyl (C=O) groups excluding carboxylic acids is 1. The van der Waals surface area contributed by atoms with Crippen LogP contribution in [0, 0.1) is 6.92 Å². The van der Waals surface area contributed by atoms with Gasteiger partial charge in [0.2, 0.25) is 0 Å². The second-order valence-corrected chi connectivity index (χ2v) is 4.21. The van der Waals surface area contributed by atoms with E-state index in [1.54, 1.807) is 23.0 Å². The monoisotopic (exact) mass is 244 g/mol. The molecular weight excluding hydrogens is 232 g/mol. The number of hydrogen-bond acceptors (Lipinski definition) is 4. The Morgan fingerprint density at radius 3 is 3.06 bits per heavy atom. The number of nitrogen functional groups attached to an aromatic ring is 1. The molecule has 0 bridgehead atoms. The molecule has 0 spiro atoms. The van der Waals surface area contributed by atoms with E-state index in [0.29, 0.717) is 22.8 Å². The number of anilines is 2. The van der Waals surface area contributed by atoms with Gasteiger partial charge in [-0.3, -0.25) is 4.79 Å². The minimum absolute atomic E-state index is 0.0205. The van der Waals surface area contributed by atoms with Crippen LogP contribution in [0.1, 0.15) is 5.56 Å². The predicted molar refractivity (Wildman–Crippen MR) is 66.8 cm³/mol. The molecule has 0 atom stereocenters. The summed E-state index contributed by atoms with van der Waals surface area (Å²) < 4.78 is 6.96. The summed E-state index contributed by atoms with van der Waals surface area (Å²) in [4.78, 5) is 11.3. The fourth-order valence-electron chi connectivity index (χ4n) is 1.87. The molecule has 0 saturated carbocycles. The van der Waals surface area contributed by atoms with Crippen LogP contribution in [0.5, 0.6) is 5.75 Å². The Kier molecular flexibility index (Phi) is 2.22. The van der Waals surface area contributed by atoms with Gasteiger partial charge in [0.05, 0.1) is 23.3 Å². The van der Waals surface area contributed by atoms with E-state index in [4.69, 9.17) is 10.5 Å². The Morgan fingerprint density at radius 1 is 1.50 bits per heavy atom. The van der Waals surface area contributed by atoms with Crippen LogP contribution in [0.2, 0.25) is 0 Å². The number of carbonyl (C=O) groups is 1. The molecule has 3 rings (SSSR count). The van der Waals surface area contributed by atoms with Crippen LogP contribution in [-0.4, -0.2) is 22.3 Å². The number of aromatic nitrogens is 2. The first-order valence-electron chi connectivity index (χ1n) is 5.51. The van der Waals surface area contributed by atoms with E-state index in [9.17, 15) is 4.79 Å². The molecule has 18 heavy (non-hydrogen) atoms. The van der Waals surface area contributed by atoms with Crippen molar-refractivity contribution in [1.82, 2.24) is 9.78 Å². The van der Waals surface area contributed by atoms with Crippen LogP contribution in [0.15, 0.2) is 24.5 Å². The fraction of sp³-hybridized carbons (Fsp3) is 0.167. The maximum absolute atomic E-state index is 11.3. The molecule has 1 amide bonds. The highest BCUT2D eigenvalue weighted by Crippen LogP contribution is 2.33. The zero-order chi connectivity index (χ0) is 12.7. The van der Waals surface area contributed by atoms with Gasteiger partial charge in [0, 0.05) is 12.3 Å². The topological polar surface area (TPSA) is 82.2 Å². The molecule has 6 heteroatoms. The Balaban J connectivity index is 2.11. The SMILES string of the molecule is Cc1cnn(-c2cc3c(cc2N)OCC(=O)N3)c1. The smallest absolute Gasteiger partial charge is 0.262 e. The number of nitrogens with zero attached hydrogens (tertiary/aromatic N) is 2. The quantitative estimate of drug-likeness (QED) is 0.736. The van der Waals surface area contributed by atoms with Crippen molar-refractivity contribution in [2.45, 2.75) is 6.92 Å². The molecule has 6 nitrogen and oxygen atoms in total. The molecule has 0 fully saturated rings.